The third-order valence-electron chi connectivity index (χ3n) is 4.21. The summed E-state index contributed by atoms with van der Waals surface area (Å²) >= 11 is 1.32. The predicted molar refractivity (Wildman–Crippen MR) is 107 cm³/mol. The van der Waals surface area contributed by atoms with Crippen LogP contribution in [-0.2, 0) is 11.3 Å². The smallest absolute Gasteiger partial charge is 0.261 e. The summed E-state index contributed by atoms with van der Waals surface area (Å²) in [5.41, 5.74) is 1.77. The van der Waals surface area contributed by atoms with Gasteiger partial charge in [0.15, 0.2) is 5.13 Å². The number of aryl methyl sites for hydroxylation is 1. The molecule has 0 saturated carbocycles. The molecule has 1 amide bonds. The average Bonchev–Trinajstić information content (AvgIpc) is 3.05. The van der Waals surface area contributed by atoms with Crippen LogP contribution in [0.25, 0.3) is 22.2 Å². The number of hydrogen-bond acceptors (Lipinski definition) is 5. The number of halogens is 1. The first kappa shape index (κ1) is 18.0. The van der Waals surface area contributed by atoms with E-state index in [-0.39, 0.29) is 23.8 Å². The van der Waals surface area contributed by atoms with Crippen LogP contribution in [0.5, 0.6) is 0 Å². The largest absolute Gasteiger partial charge is 0.300 e. The van der Waals surface area contributed by atoms with Crippen molar-refractivity contribution < 1.29 is 9.18 Å². The lowest BCUT2D eigenvalue weighted by molar-refractivity contribution is -0.116. The summed E-state index contributed by atoms with van der Waals surface area (Å²) in [4.78, 5) is 34.4. The molecule has 0 bridgehead atoms. The highest BCUT2D eigenvalue weighted by atomic mass is 32.1. The van der Waals surface area contributed by atoms with Gasteiger partial charge in [0.05, 0.1) is 22.9 Å². The number of hydrogen-bond donors (Lipinski definition) is 1. The van der Waals surface area contributed by atoms with Crippen molar-refractivity contribution in [2.24, 2.45) is 0 Å². The molecule has 0 radical (unpaired) electrons. The van der Waals surface area contributed by atoms with Crippen molar-refractivity contribution >= 4 is 33.3 Å². The monoisotopic (exact) mass is 394 g/mol. The van der Waals surface area contributed by atoms with Crippen LogP contribution in [0.3, 0.4) is 0 Å². The quantitative estimate of drug-likeness (QED) is 0.574. The number of carbonyl (C=O) groups is 1. The number of anilines is 1. The molecule has 28 heavy (non-hydrogen) atoms. The van der Waals surface area contributed by atoms with Gasteiger partial charge >= 0.3 is 0 Å². The number of nitrogens with zero attached hydrogens (tertiary/aromatic N) is 3. The number of nitrogens with one attached hydrogen (secondary N) is 1. The van der Waals surface area contributed by atoms with Gasteiger partial charge in [0.25, 0.3) is 5.56 Å². The zero-order valence-corrected chi connectivity index (χ0v) is 15.7. The third kappa shape index (κ3) is 3.54. The second-order valence-electron chi connectivity index (χ2n) is 6.17. The predicted octanol–water partition coefficient (Wildman–Crippen LogP) is 3.61. The zero-order valence-electron chi connectivity index (χ0n) is 14.8. The van der Waals surface area contributed by atoms with Crippen molar-refractivity contribution in [3.8, 4) is 11.3 Å². The Bertz CT molecular complexity index is 1230. The number of thiazole rings is 1. The van der Waals surface area contributed by atoms with Crippen molar-refractivity contribution in [2.45, 2.75) is 13.5 Å². The Morgan fingerprint density at radius 2 is 1.93 bits per heavy atom. The molecule has 0 saturated heterocycles. The zero-order chi connectivity index (χ0) is 19.7. The first-order chi connectivity index (χ1) is 13.5. The maximum atomic E-state index is 13.1. The Hall–Kier alpha value is -3.39. The number of carbonyl (C=O) groups excluding carboxylic acids is 1. The van der Waals surface area contributed by atoms with Crippen LogP contribution in [0.4, 0.5) is 9.52 Å². The molecule has 8 heteroatoms. The van der Waals surface area contributed by atoms with Gasteiger partial charge in [0, 0.05) is 10.4 Å². The van der Waals surface area contributed by atoms with E-state index in [2.05, 4.69) is 15.3 Å². The summed E-state index contributed by atoms with van der Waals surface area (Å²) in [6.45, 7) is 1.71. The molecular formula is C20H15FN4O2S. The number of benzene rings is 2. The minimum Gasteiger partial charge on any atom is -0.300 e. The molecule has 0 aliphatic carbocycles. The van der Waals surface area contributed by atoms with E-state index in [4.69, 9.17) is 0 Å². The molecule has 6 nitrogen and oxygen atoms in total. The lowest BCUT2D eigenvalue weighted by Crippen LogP contribution is -2.27. The van der Waals surface area contributed by atoms with E-state index in [0.717, 1.165) is 10.4 Å². The Morgan fingerprint density at radius 3 is 2.71 bits per heavy atom. The van der Waals surface area contributed by atoms with E-state index in [1.165, 1.54) is 34.4 Å². The SMILES string of the molecule is Cc1sc(NC(=O)Cn2cnc3ccccc3c2=O)nc1-c1ccc(F)cc1. The van der Waals surface area contributed by atoms with E-state index in [9.17, 15) is 14.0 Å². The van der Waals surface area contributed by atoms with Crippen molar-refractivity contribution in [1.29, 1.82) is 0 Å². The van der Waals surface area contributed by atoms with Crippen molar-refractivity contribution in [3.05, 3.63) is 75.9 Å². The number of amides is 1. The second-order valence-corrected chi connectivity index (χ2v) is 7.38. The molecule has 0 aliphatic heterocycles. The highest BCUT2D eigenvalue weighted by molar-refractivity contribution is 7.16. The highest BCUT2D eigenvalue weighted by Gasteiger charge is 2.13. The van der Waals surface area contributed by atoms with Gasteiger partial charge in [-0.15, -0.1) is 11.3 Å². The first-order valence-electron chi connectivity index (χ1n) is 8.48. The minimum atomic E-state index is -0.376. The summed E-state index contributed by atoms with van der Waals surface area (Å²) in [6.07, 6.45) is 1.36. The molecule has 4 aromatic rings. The van der Waals surface area contributed by atoms with E-state index >= 15 is 0 Å². The maximum absolute atomic E-state index is 13.1. The standard InChI is InChI=1S/C20H15FN4O2S/c1-12-18(13-6-8-14(21)9-7-13)24-20(28-12)23-17(26)10-25-11-22-16-5-3-2-4-15(16)19(25)27/h2-9,11H,10H2,1H3,(H,23,24,26). The normalized spacial score (nSPS) is 10.9. The lowest BCUT2D eigenvalue weighted by Gasteiger charge is -2.06. The van der Waals surface area contributed by atoms with Gasteiger partial charge in [0.2, 0.25) is 5.91 Å². The molecule has 4 rings (SSSR count). The van der Waals surface area contributed by atoms with Crippen LogP contribution in [-0.4, -0.2) is 20.4 Å². The van der Waals surface area contributed by atoms with E-state index in [1.54, 1.807) is 36.4 Å². The lowest BCUT2D eigenvalue weighted by atomic mass is 10.1. The molecular weight excluding hydrogens is 379 g/mol. The van der Waals surface area contributed by atoms with E-state index in [0.29, 0.717) is 21.7 Å². The molecule has 0 unspecified atom stereocenters. The first-order valence-corrected chi connectivity index (χ1v) is 9.30. The van der Waals surface area contributed by atoms with Gasteiger partial charge < -0.3 is 5.32 Å². The van der Waals surface area contributed by atoms with Gasteiger partial charge in [0.1, 0.15) is 12.4 Å². The minimum absolute atomic E-state index is 0.165. The van der Waals surface area contributed by atoms with E-state index in [1.807, 2.05) is 6.92 Å². The van der Waals surface area contributed by atoms with Crippen LogP contribution in [0, 0.1) is 12.7 Å². The molecule has 140 valence electrons. The summed E-state index contributed by atoms with van der Waals surface area (Å²) < 4.78 is 14.4. The maximum Gasteiger partial charge on any atom is 0.261 e. The fourth-order valence-corrected chi connectivity index (χ4v) is 3.71. The Balaban J connectivity index is 1.53. The fraction of sp³-hybridized carbons (Fsp3) is 0.100. The highest BCUT2D eigenvalue weighted by Crippen LogP contribution is 2.30. The van der Waals surface area contributed by atoms with Crippen molar-refractivity contribution in [1.82, 2.24) is 14.5 Å². The molecule has 2 heterocycles. The fourth-order valence-electron chi connectivity index (χ4n) is 2.86. The van der Waals surface area contributed by atoms with Crippen LogP contribution in [0.2, 0.25) is 0 Å². The van der Waals surface area contributed by atoms with Gasteiger partial charge in [-0.05, 0) is 43.3 Å². The second kappa shape index (κ2) is 7.32. The van der Waals surface area contributed by atoms with Gasteiger partial charge in [-0.3, -0.25) is 14.2 Å². The summed E-state index contributed by atoms with van der Waals surface area (Å²) in [5, 5.41) is 3.59. The molecule has 2 aromatic heterocycles. The van der Waals surface area contributed by atoms with Crippen molar-refractivity contribution in [2.75, 3.05) is 5.32 Å². The van der Waals surface area contributed by atoms with Gasteiger partial charge in [-0.2, -0.15) is 0 Å². The topological polar surface area (TPSA) is 76.9 Å². The molecule has 2 aromatic carbocycles. The summed E-state index contributed by atoms with van der Waals surface area (Å²) in [7, 11) is 0. The Labute approximate surface area is 163 Å². The number of fused-ring (bicyclic) bond motifs is 1. The molecule has 0 aliphatic rings. The molecule has 0 atom stereocenters. The van der Waals surface area contributed by atoms with Crippen LogP contribution >= 0.6 is 11.3 Å². The van der Waals surface area contributed by atoms with E-state index < -0.39 is 0 Å². The number of rotatable bonds is 4. The van der Waals surface area contributed by atoms with Gasteiger partial charge in [-0.25, -0.2) is 14.4 Å². The third-order valence-corrected chi connectivity index (χ3v) is 5.09. The summed E-state index contributed by atoms with van der Waals surface area (Å²) in [6, 6.07) is 13.0. The summed E-state index contributed by atoms with van der Waals surface area (Å²) in [5.74, 6) is -0.696. The van der Waals surface area contributed by atoms with Gasteiger partial charge in [-0.1, -0.05) is 12.1 Å². The Kier molecular flexibility index (Phi) is 4.70. The molecule has 0 spiro atoms. The average molecular weight is 394 g/mol. The van der Waals surface area contributed by atoms with Crippen LogP contribution < -0.4 is 10.9 Å². The molecule has 1 N–H and O–H groups in total. The van der Waals surface area contributed by atoms with Crippen molar-refractivity contribution in [3.63, 3.8) is 0 Å². The van der Waals surface area contributed by atoms with Crippen LogP contribution in [0.1, 0.15) is 4.88 Å². The Morgan fingerprint density at radius 1 is 1.18 bits per heavy atom. The molecule has 0 fully saturated rings. The number of para-hydroxylation sites is 1. The van der Waals surface area contributed by atoms with Crippen LogP contribution in [0.15, 0.2) is 59.7 Å². The number of aromatic nitrogens is 3.